The van der Waals surface area contributed by atoms with E-state index in [2.05, 4.69) is 33.4 Å². The highest BCUT2D eigenvalue weighted by Crippen LogP contribution is 2.35. The second kappa shape index (κ2) is 7.04. The molecule has 144 valence electrons. The Labute approximate surface area is 168 Å². The molecule has 1 N–H and O–H groups in total. The molecule has 0 fully saturated rings. The quantitative estimate of drug-likeness (QED) is 0.536. The van der Waals surface area contributed by atoms with E-state index in [0.29, 0.717) is 17.5 Å². The van der Waals surface area contributed by atoms with Crippen LogP contribution in [0.1, 0.15) is 27.9 Å². The van der Waals surface area contributed by atoms with Gasteiger partial charge in [-0.3, -0.25) is 4.98 Å². The first-order chi connectivity index (χ1) is 13.1. The van der Waals surface area contributed by atoms with Crippen LogP contribution < -0.4 is 5.32 Å². The zero-order valence-electron chi connectivity index (χ0n) is 16.0. The molecule has 1 aromatic carbocycles. The summed E-state index contributed by atoms with van der Waals surface area (Å²) in [5.41, 5.74) is 7.38. The first kappa shape index (κ1) is 18.7. The van der Waals surface area contributed by atoms with Crippen molar-refractivity contribution in [2.45, 2.75) is 33.7 Å². The molecular formula is C21H21ClN4O2. The minimum absolute atomic E-state index is 0. The highest BCUT2D eigenvalue weighted by molar-refractivity contribution is 5.87. The number of pyridine rings is 1. The maximum absolute atomic E-state index is 6.01. The number of fused-ring (bicyclic) bond motifs is 2. The third-order valence-corrected chi connectivity index (χ3v) is 5.27. The van der Waals surface area contributed by atoms with Gasteiger partial charge in [-0.1, -0.05) is 16.8 Å². The lowest BCUT2D eigenvalue weighted by Gasteiger charge is -2.19. The van der Waals surface area contributed by atoms with E-state index >= 15 is 0 Å². The summed E-state index contributed by atoms with van der Waals surface area (Å²) in [5, 5.41) is 8.71. The first-order valence-corrected chi connectivity index (χ1v) is 9.14. The molecule has 0 amide bonds. The van der Waals surface area contributed by atoms with Gasteiger partial charge in [0.25, 0.3) is 5.89 Å². The third kappa shape index (κ3) is 2.89. The van der Waals surface area contributed by atoms with Crippen LogP contribution in [0.25, 0.3) is 34.0 Å². The number of rotatable bonds is 2. The molecule has 6 nitrogen and oxygen atoms in total. The standard InChI is InChI=1S/C21H20N4O2.ClH/c1-11-4-5-17-16(8-11)12(2)19(26-17)21-24-20(25-27-21)18-13(3)23-10-14-9-22-7-6-15(14)18;/h4-5,8,10,22H,6-7,9H2,1-3H3;1H. The van der Waals surface area contributed by atoms with Crippen LogP contribution in [0.15, 0.2) is 33.3 Å². The minimum atomic E-state index is 0. The Morgan fingerprint density at radius 3 is 2.86 bits per heavy atom. The predicted molar refractivity (Wildman–Crippen MR) is 110 cm³/mol. The molecule has 5 rings (SSSR count). The van der Waals surface area contributed by atoms with Gasteiger partial charge in [0.15, 0.2) is 5.76 Å². The summed E-state index contributed by atoms with van der Waals surface area (Å²) in [6.45, 7) is 7.84. The van der Waals surface area contributed by atoms with E-state index in [1.165, 1.54) is 16.7 Å². The predicted octanol–water partition coefficient (Wildman–Crippen LogP) is 4.54. The molecule has 0 atom stereocenters. The van der Waals surface area contributed by atoms with Crippen molar-refractivity contribution in [1.82, 2.24) is 20.4 Å². The van der Waals surface area contributed by atoms with Crippen molar-refractivity contribution in [3.63, 3.8) is 0 Å². The van der Waals surface area contributed by atoms with Gasteiger partial charge in [0, 0.05) is 34.9 Å². The zero-order chi connectivity index (χ0) is 18.5. The van der Waals surface area contributed by atoms with Gasteiger partial charge in [-0.2, -0.15) is 4.98 Å². The van der Waals surface area contributed by atoms with Gasteiger partial charge in [0.2, 0.25) is 5.82 Å². The van der Waals surface area contributed by atoms with Crippen molar-refractivity contribution in [3.8, 4) is 23.0 Å². The number of aryl methyl sites for hydroxylation is 3. The van der Waals surface area contributed by atoms with Crippen molar-refractivity contribution >= 4 is 23.4 Å². The summed E-state index contributed by atoms with van der Waals surface area (Å²) in [7, 11) is 0. The van der Waals surface area contributed by atoms with Crippen LogP contribution in [0, 0.1) is 20.8 Å². The van der Waals surface area contributed by atoms with Crippen molar-refractivity contribution < 1.29 is 8.94 Å². The Hall–Kier alpha value is -2.70. The zero-order valence-corrected chi connectivity index (χ0v) is 16.8. The van der Waals surface area contributed by atoms with Gasteiger partial charge in [-0.25, -0.2) is 0 Å². The fourth-order valence-electron chi connectivity index (χ4n) is 3.82. The maximum Gasteiger partial charge on any atom is 0.294 e. The molecule has 1 aliphatic heterocycles. The molecule has 0 bridgehead atoms. The average Bonchev–Trinajstić information content (AvgIpc) is 3.27. The van der Waals surface area contributed by atoms with Crippen LogP contribution in [-0.2, 0) is 13.0 Å². The second-order valence-corrected chi connectivity index (χ2v) is 7.13. The van der Waals surface area contributed by atoms with Crippen LogP contribution in [0.4, 0.5) is 0 Å². The summed E-state index contributed by atoms with van der Waals surface area (Å²) in [6.07, 6.45) is 2.87. The number of benzene rings is 1. The molecule has 0 radical (unpaired) electrons. The Morgan fingerprint density at radius 2 is 2.00 bits per heavy atom. The second-order valence-electron chi connectivity index (χ2n) is 7.13. The van der Waals surface area contributed by atoms with Crippen LogP contribution in [0.3, 0.4) is 0 Å². The molecule has 3 aromatic heterocycles. The lowest BCUT2D eigenvalue weighted by atomic mass is 9.95. The summed E-state index contributed by atoms with van der Waals surface area (Å²) in [4.78, 5) is 9.19. The third-order valence-electron chi connectivity index (χ3n) is 5.27. The Kier molecular flexibility index (Phi) is 4.69. The van der Waals surface area contributed by atoms with Crippen LogP contribution in [0.2, 0.25) is 0 Å². The summed E-state index contributed by atoms with van der Waals surface area (Å²) >= 11 is 0. The van der Waals surface area contributed by atoms with E-state index < -0.39 is 0 Å². The van der Waals surface area contributed by atoms with Crippen molar-refractivity contribution in [1.29, 1.82) is 0 Å². The molecule has 1 aliphatic rings. The number of hydrogen-bond donors (Lipinski definition) is 1. The number of nitrogens with zero attached hydrogens (tertiary/aromatic N) is 3. The van der Waals surface area contributed by atoms with E-state index in [9.17, 15) is 0 Å². The molecule has 4 aromatic rings. The fourth-order valence-corrected chi connectivity index (χ4v) is 3.82. The molecule has 0 unspecified atom stereocenters. The summed E-state index contributed by atoms with van der Waals surface area (Å²) in [6, 6.07) is 6.13. The molecule has 0 aliphatic carbocycles. The molecule has 7 heteroatoms. The average molecular weight is 397 g/mol. The summed E-state index contributed by atoms with van der Waals surface area (Å²) in [5.74, 6) is 1.61. The van der Waals surface area contributed by atoms with Gasteiger partial charge >= 0.3 is 0 Å². The molecule has 0 saturated carbocycles. The smallest absolute Gasteiger partial charge is 0.294 e. The highest BCUT2D eigenvalue weighted by Gasteiger charge is 2.23. The van der Waals surface area contributed by atoms with Crippen molar-refractivity contribution in [2.75, 3.05) is 6.54 Å². The molecule has 0 spiro atoms. The fraction of sp³-hybridized carbons (Fsp3) is 0.286. The topological polar surface area (TPSA) is 77.0 Å². The normalized spacial score (nSPS) is 13.4. The van der Waals surface area contributed by atoms with Gasteiger partial charge in [-0.05, 0) is 57.0 Å². The Balaban J connectivity index is 0.00000192. The minimum Gasteiger partial charge on any atom is -0.451 e. The molecular weight excluding hydrogens is 376 g/mol. The molecule has 28 heavy (non-hydrogen) atoms. The van der Waals surface area contributed by atoms with Gasteiger partial charge in [0.1, 0.15) is 5.58 Å². The van der Waals surface area contributed by atoms with E-state index in [1.54, 1.807) is 0 Å². The Bertz CT molecular complexity index is 1180. The lowest BCUT2D eigenvalue weighted by Crippen LogP contribution is -2.24. The largest absolute Gasteiger partial charge is 0.451 e. The number of furan rings is 1. The maximum atomic E-state index is 6.01. The monoisotopic (exact) mass is 396 g/mol. The van der Waals surface area contributed by atoms with Gasteiger partial charge in [-0.15, -0.1) is 12.4 Å². The lowest BCUT2D eigenvalue weighted by molar-refractivity contribution is 0.419. The number of hydrogen-bond acceptors (Lipinski definition) is 6. The number of aromatic nitrogens is 3. The van der Waals surface area contributed by atoms with Gasteiger partial charge in [0.05, 0.1) is 0 Å². The SMILES string of the molecule is Cc1ccc2oc(-c3nc(-c4c(C)ncc5c4CCNC5)no3)c(C)c2c1.Cl. The number of halogens is 1. The van der Waals surface area contributed by atoms with Gasteiger partial charge < -0.3 is 14.3 Å². The van der Waals surface area contributed by atoms with Crippen molar-refractivity contribution in [3.05, 3.63) is 52.3 Å². The molecule has 0 saturated heterocycles. The van der Waals surface area contributed by atoms with E-state index in [0.717, 1.165) is 47.3 Å². The van der Waals surface area contributed by atoms with Crippen molar-refractivity contribution in [2.24, 2.45) is 0 Å². The number of nitrogens with one attached hydrogen (secondary N) is 1. The van der Waals surface area contributed by atoms with Crippen LogP contribution in [0.5, 0.6) is 0 Å². The van der Waals surface area contributed by atoms with Crippen LogP contribution >= 0.6 is 12.4 Å². The van der Waals surface area contributed by atoms with Crippen LogP contribution in [-0.4, -0.2) is 21.7 Å². The van der Waals surface area contributed by atoms with E-state index in [1.807, 2.05) is 32.2 Å². The van der Waals surface area contributed by atoms with E-state index in [4.69, 9.17) is 8.94 Å². The molecule has 4 heterocycles. The van der Waals surface area contributed by atoms with E-state index in [-0.39, 0.29) is 12.4 Å². The first-order valence-electron chi connectivity index (χ1n) is 9.14. The highest BCUT2D eigenvalue weighted by atomic mass is 35.5. The summed E-state index contributed by atoms with van der Waals surface area (Å²) < 4.78 is 11.6. The Morgan fingerprint density at radius 1 is 1.14 bits per heavy atom.